The van der Waals surface area contributed by atoms with Crippen molar-refractivity contribution in [3.05, 3.63) is 17.8 Å². The van der Waals surface area contributed by atoms with Gasteiger partial charge in [0.1, 0.15) is 12.4 Å². The van der Waals surface area contributed by atoms with Gasteiger partial charge in [-0.25, -0.2) is 19.2 Å². The van der Waals surface area contributed by atoms with Gasteiger partial charge in [0.2, 0.25) is 0 Å². The predicted molar refractivity (Wildman–Crippen MR) is 61.3 cm³/mol. The van der Waals surface area contributed by atoms with Crippen LogP contribution in [0.5, 0.6) is 0 Å². The first-order chi connectivity index (χ1) is 7.97. The molecule has 0 unspecified atom stereocenters. The third kappa shape index (κ3) is 3.12. The van der Waals surface area contributed by atoms with Crippen LogP contribution >= 0.6 is 0 Å². The van der Waals surface area contributed by atoms with Crippen molar-refractivity contribution >= 4 is 11.8 Å². The van der Waals surface area contributed by atoms with Crippen LogP contribution in [0, 0.1) is 11.7 Å². The Morgan fingerprint density at radius 3 is 2.65 bits per heavy atom. The highest BCUT2D eigenvalue weighted by atomic mass is 19.1. The minimum absolute atomic E-state index is 0.0575. The predicted octanol–water partition coefficient (Wildman–Crippen LogP) is 1.70. The average Bonchev–Trinajstić information content (AvgIpc) is 2.26. The zero-order valence-electron chi connectivity index (χ0n) is 10.1. The maximum absolute atomic E-state index is 13.8. The summed E-state index contributed by atoms with van der Waals surface area (Å²) in [5.74, 6) is -1.84. The highest BCUT2D eigenvalue weighted by Gasteiger charge is 2.23. The zero-order valence-corrected chi connectivity index (χ0v) is 10.1. The molecule has 1 rings (SSSR count). The van der Waals surface area contributed by atoms with Gasteiger partial charge in [0.05, 0.1) is 5.69 Å². The smallest absolute Gasteiger partial charge is 0.326 e. The van der Waals surface area contributed by atoms with Gasteiger partial charge in [-0.15, -0.1) is 0 Å². The van der Waals surface area contributed by atoms with Gasteiger partial charge in [0.25, 0.3) is 0 Å². The molecular weight excluding hydrogens is 225 g/mol. The number of hydrogen-bond donors (Lipinski definition) is 2. The van der Waals surface area contributed by atoms with Gasteiger partial charge in [-0.05, 0) is 12.3 Å². The largest absolute Gasteiger partial charge is 0.480 e. The molecule has 0 saturated heterocycles. The normalized spacial score (nSPS) is 12.5. The summed E-state index contributed by atoms with van der Waals surface area (Å²) in [5, 5.41) is 11.6. The fraction of sp³-hybridized carbons (Fsp3) is 0.545. The Bertz CT molecular complexity index is 410. The van der Waals surface area contributed by atoms with E-state index in [9.17, 15) is 9.18 Å². The first-order valence-corrected chi connectivity index (χ1v) is 5.46. The molecule has 0 saturated carbocycles. The molecule has 0 spiro atoms. The lowest BCUT2D eigenvalue weighted by Gasteiger charge is -2.18. The van der Waals surface area contributed by atoms with Crippen molar-refractivity contribution < 1.29 is 14.3 Å². The van der Waals surface area contributed by atoms with Crippen molar-refractivity contribution in [1.82, 2.24) is 9.97 Å². The van der Waals surface area contributed by atoms with Gasteiger partial charge >= 0.3 is 5.97 Å². The van der Waals surface area contributed by atoms with Crippen LogP contribution in [0.2, 0.25) is 0 Å². The van der Waals surface area contributed by atoms with Crippen molar-refractivity contribution in [1.29, 1.82) is 0 Å². The molecule has 1 heterocycles. The lowest BCUT2D eigenvalue weighted by molar-refractivity contribution is -0.138. The number of halogens is 1. The lowest BCUT2D eigenvalue weighted by atomic mass is 10.0. The Morgan fingerprint density at radius 2 is 2.18 bits per heavy atom. The molecule has 0 fully saturated rings. The van der Waals surface area contributed by atoms with Crippen molar-refractivity contribution in [3.63, 3.8) is 0 Å². The molecule has 6 heteroatoms. The summed E-state index contributed by atoms with van der Waals surface area (Å²) >= 11 is 0. The molecular formula is C11H16FN3O2. The van der Waals surface area contributed by atoms with E-state index in [2.05, 4.69) is 15.3 Å². The fourth-order valence-electron chi connectivity index (χ4n) is 1.41. The summed E-state index contributed by atoms with van der Waals surface area (Å²) in [4.78, 5) is 18.5. The van der Waals surface area contributed by atoms with Gasteiger partial charge in [-0.1, -0.05) is 20.8 Å². The number of aromatic nitrogens is 2. The van der Waals surface area contributed by atoms with Gasteiger partial charge in [-0.3, -0.25) is 0 Å². The van der Waals surface area contributed by atoms with Crippen LogP contribution in [0.15, 0.2) is 6.33 Å². The van der Waals surface area contributed by atoms with Crippen LogP contribution < -0.4 is 5.32 Å². The number of hydrogen-bond acceptors (Lipinski definition) is 4. The number of carbonyl (C=O) groups is 1. The van der Waals surface area contributed by atoms with Crippen LogP contribution in [0.25, 0.3) is 0 Å². The van der Waals surface area contributed by atoms with E-state index in [-0.39, 0.29) is 17.4 Å². The Labute approximate surface area is 99.1 Å². The van der Waals surface area contributed by atoms with Gasteiger partial charge in [-0.2, -0.15) is 0 Å². The van der Waals surface area contributed by atoms with Gasteiger partial charge < -0.3 is 10.4 Å². The van der Waals surface area contributed by atoms with Crippen LogP contribution in [-0.4, -0.2) is 27.1 Å². The second kappa shape index (κ2) is 5.56. The van der Waals surface area contributed by atoms with Crippen molar-refractivity contribution in [2.24, 2.45) is 5.92 Å². The second-order valence-electron chi connectivity index (χ2n) is 4.04. The minimum Gasteiger partial charge on any atom is -0.480 e. The highest BCUT2D eigenvalue weighted by Crippen LogP contribution is 2.16. The molecule has 0 radical (unpaired) electrons. The summed E-state index contributed by atoms with van der Waals surface area (Å²) in [6.45, 7) is 5.25. The monoisotopic (exact) mass is 241 g/mol. The molecule has 0 aromatic carbocycles. The third-order valence-electron chi connectivity index (χ3n) is 2.42. The quantitative estimate of drug-likeness (QED) is 0.820. The standard InChI is InChI=1S/C11H16FN3O2/c1-4-7-8(12)10(14-5-13-7)15-9(6(2)3)11(16)17/h5-6,9H,4H2,1-3H3,(H,16,17)(H,13,14,15)/t9-/m1/s1. The number of anilines is 1. The molecule has 0 aliphatic heterocycles. The maximum Gasteiger partial charge on any atom is 0.326 e. The number of nitrogens with zero attached hydrogens (tertiary/aromatic N) is 2. The summed E-state index contributed by atoms with van der Waals surface area (Å²) in [5.41, 5.74) is 0.274. The van der Waals surface area contributed by atoms with Crippen LogP contribution in [0.1, 0.15) is 26.5 Å². The molecule has 1 atom stereocenters. The van der Waals surface area contributed by atoms with Crippen molar-refractivity contribution in [2.75, 3.05) is 5.32 Å². The topological polar surface area (TPSA) is 75.1 Å². The Kier molecular flexibility index (Phi) is 4.37. The van der Waals surface area contributed by atoms with E-state index >= 15 is 0 Å². The fourth-order valence-corrected chi connectivity index (χ4v) is 1.41. The molecule has 1 aromatic heterocycles. The van der Waals surface area contributed by atoms with E-state index in [1.165, 1.54) is 6.33 Å². The first kappa shape index (κ1) is 13.3. The molecule has 0 aliphatic carbocycles. The molecule has 94 valence electrons. The SMILES string of the molecule is CCc1ncnc(N[C@@H](C(=O)O)C(C)C)c1F. The van der Waals surface area contributed by atoms with Gasteiger partial charge in [0, 0.05) is 0 Å². The number of nitrogens with one attached hydrogen (secondary N) is 1. The van der Waals surface area contributed by atoms with Crippen LogP contribution in [0.3, 0.4) is 0 Å². The molecule has 0 amide bonds. The maximum atomic E-state index is 13.8. The number of rotatable bonds is 5. The minimum atomic E-state index is -1.03. The van der Waals surface area contributed by atoms with E-state index in [0.717, 1.165) is 0 Å². The molecule has 0 bridgehead atoms. The van der Waals surface area contributed by atoms with Crippen LogP contribution in [-0.2, 0) is 11.2 Å². The molecule has 1 aromatic rings. The van der Waals surface area contributed by atoms with Crippen molar-refractivity contribution in [2.45, 2.75) is 33.2 Å². The first-order valence-electron chi connectivity index (χ1n) is 5.46. The summed E-state index contributed by atoms with van der Waals surface area (Å²) < 4.78 is 13.8. The number of aliphatic carboxylic acids is 1. The second-order valence-corrected chi connectivity index (χ2v) is 4.04. The Morgan fingerprint density at radius 1 is 1.53 bits per heavy atom. The summed E-state index contributed by atoms with van der Waals surface area (Å²) in [6, 6.07) is -0.871. The molecule has 2 N–H and O–H groups in total. The van der Waals surface area contributed by atoms with E-state index in [4.69, 9.17) is 5.11 Å². The summed E-state index contributed by atoms with van der Waals surface area (Å²) in [6.07, 6.45) is 1.66. The molecule has 17 heavy (non-hydrogen) atoms. The molecule has 5 nitrogen and oxygen atoms in total. The molecule has 0 aliphatic rings. The average molecular weight is 241 g/mol. The third-order valence-corrected chi connectivity index (χ3v) is 2.42. The van der Waals surface area contributed by atoms with E-state index < -0.39 is 17.8 Å². The highest BCUT2D eigenvalue weighted by molar-refractivity contribution is 5.77. The van der Waals surface area contributed by atoms with Crippen molar-refractivity contribution in [3.8, 4) is 0 Å². The number of aryl methyl sites for hydroxylation is 1. The zero-order chi connectivity index (χ0) is 13.0. The van der Waals surface area contributed by atoms with Gasteiger partial charge in [0.15, 0.2) is 11.6 Å². The summed E-state index contributed by atoms with van der Waals surface area (Å²) in [7, 11) is 0. The lowest BCUT2D eigenvalue weighted by Crippen LogP contribution is -2.35. The van der Waals surface area contributed by atoms with E-state index in [1.54, 1.807) is 20.8 Å². The number of carboxylic acids is 1. The Hall–Kier alpha value is -1.72. The van der Waals surface area contributed by atoms with Crippen LogP contribution in [0.4, 0.5) is 10.2 Å². The Balaban J connectivity index is 2.97. The van der Waals surface area contributed by atoms with E-state index in [0.29, 0.717) is 6.42 Å². The van der Waals surface area contributed by atoms with E-state index in [1.807, 2.05) is 0 Å². The number of carboxylic acid groups (broad SMARTS) is 1.